The summed E-state index contributed by atoms with van der Waals surface area (Å²) in [6.45, 7) is -2.59. The van der Waals surface area contributed by atoms with Crippen LogP contribution in [0.1, 0.15) is 20.8 Å². The largest absolute Gasteiger partial charge is 0.292 e. The van der Waals surface area contributed by atoms with E-state index in [4.69, 9.17) is 4.11 Å². The minimum absolute atomic E-state index is 0.0156. The van der Waals surface area contributed by atoms with Crippen LogP contribution >= 0.6 is 27.3 Å². The van der Waals surface area contributed by atoms with Crippen LogP contribution in [-0.2, 0) is 0 Å². The first-order valence-electron chi connectivity index (χ1n) is 3.57. The molecule has 0 unspecified atom stereocenters. The van der Waals surface area contributed by atoms with Crippen LogP contribution in [0.25, 0.3) is 0 Å². The van der Waals surface area contributed by atoms with Crippen molar-refractivity contribution in [2.45, 2.75) is 6.85 Å². The Morgan fingerprint density at radius 1 is 2.11 bits per heavy atom. The number of halogens is 1. The number of carbonyl (C=O) groups excluding carboxylic acids is 1. The highest BCUT2D eigenvalue weighted by Gasteiger charge is 2.02. The molecule has 0 spiro atoms. The molecule has 1 aromatic heterocycles. The topological polar surface area (TPSA) is 30.0 Å². The maximum atomic E-state index is 11.0. The smallest absolute Gasteiger partial charge is 0.188 e. The van der Waals surface area contributed by atoms with E-state index in [9.17, 15) is 4.79 Å². The lowest BCUT2D eigenvalue weighted by atomic mass is 10.5. The number of thiazole rings is 1. The second-order valence-electron chi connectivity index (χ2n) is 1.30. The molecule has 0 aliphatic carbocycles. The van der Waals surface area contributed by atoms with E-state index in [1.54, 1.807) is 5.38 Å². The minimum Gasteiger partial charge on any atom is -0.292 e. The Hall–Kier alpha value is -0.220. The zero-order valence-electron chi connectivity index (χ0n) is 7.22. The zero-order chi connectivity index (χ0) is 9.35. The summed E-state index contributed by atoms with van der Waals surface area (Å²) in [5.74, 6) is -0.904. The molecule has 0 N–H and O–H groups in total. The van der Waals surface area contributed by atoms with Gasteiger partial charge in [0.05, 0.1) is 0 Å². The molecule has 0 radical (unpaired) electrons. The summed E-state index contributed by atoms with van der Waals surface area (Å²) in [7, 11) is 0. The SMILES string of the molecule is [2H]C([2H])([2H])C(=O)c1nc(Br)cs1. The Kier molecular flexibility index (Phi) is 1.10. The lowest BCUT2D eigenvalue weighted by Gasteiger charge is -1.79. The molecule has 0 aliphatic rings. The average Bonchev–Trinajstić information content (AvgIpc) is 2.32. The number of hydrogen-bond donors (Lipinski definition) is 0. The van der Waals surface area contributed by atoms with Gasteiger partial charge in [0, 0.05) is 16.3 Å². The van der Waals surface area contributed by atoms with Gasteiger partial charge in [-0.3, -0.25) is 4.79 Å². The van der Waals surface area contributed by atoms with Crippen molar-refractivity contribution in [3.05, 3.63) is 15.0 Å². The molecule has 0 aliphatic heterocycles. The van der Waals surface area contributed by atoms with E-state index in [0.29, 0.717) is 4.60 Å². The quantitative estimate of drug-likeness (QED) is 0.663. The molecule has 0 aromatic carbocycles. The van der Waals surface area contributed by atoms with Gasteiger partial charge < -0.3 is 0 Å². The Morgan fingerprint density at radius 2 is 2.89 bits per heavy atom. The maximum Gasteiger partial charge on any atom is 0.188 e. The van der Waals surface area contributed by atoms with Crippen LogP contribution in [0.4, 0.5) is 0 Å². The monoisotopic (exact) mass is 208 g/mol. The lowest BCUT2D eigenvalue weighted by molar-refractivity contribution is 0.101. The van der Waals surface area contributed by atoms with Gasteiger partial charge in [-0.2, -0.15) is 0 Å². The summed E-state index contributed by atoms with van der Waals surface area (Å²) in [5, 5.41) is 1.58. The van der Waals surface area contributed by atoms with Crippen LogP contribution in [0.3, 0.4) is 0 Å². The summed E-state index contributed by atoms with van der Waals surface area (Å²) in [6, 6.07) is 0. The molecule has 48 valence electrons. The van der Waals surface area contributed by atoms with E-state index < -0.39 is 12.6 Å². The summed E-state index contributed by atoms with van der Waals surface area (Å²) >= 11 is 4.05. The molecule has 0 saturated heterocycles. The number of aromatic nitrogens is 1. The van der Waals surface area contributed by atoms with E-state index in [1.165, 1.54) is 0 Å². The standard InChI is InChI=1S/C5H4BrNOS/c1-3(8)5-7-4(6)2-9-5/h2H,1H3/i1D3. The third kappa shape index (κ3) is 1.59. The molecular weight excluding hydrogens is 202 g/mol. The van der Waals surface area contributed by atoms with E-state index in [-0.39, 0.29) is 5.01 Å². The molecular formula is C5H4BrNOS. The summed E-state index contributed by atoms with van der Waals surface area (Å²) in [4.78, 5) is 14.7. The van der Waals surface area contributed by atoms with Gasteiger partial charge >= 0.3 is 0 Å². The fourth-order valence-corrected chi connectivity index (χ4v) is 1.45. The highest BCUT2D eigenvalue weighted by molar-refractivity contribution is 9.10. The Balaban J connectivity index is 2.93. The third-order valence-corrected chi connectivity index (χ3v) is 2.22. The van der Waals surface area contributed by atoms with Gasteiger partial charge in [-0.15, -0.1) is 11.3 Å². The highest BCUT2D eigenvalue weighted by Crippen LogP contribution is 2.14. The molecule has 4 heteroatoms. The number of hydrogen-bond acceptors (Lipinski definition) is 3. The molecule has 2 nitrogen and oxygen atoms in total. The van der Waals surface area contributed by atoms with Crippen molar-refractivity contribution in [2.24, 2.45) is 0 Å². The molecule has 0 amide bonds. The van der Waals surface area contributed by atoms with E-state index in [0.717, 1.165) is 11.3 Å². The van der Waals surface area contributed by atoms with Gasteiger partial charge in [0.2, 0.25) is 0 Å². The fourth-order valence-electron chi connectivity index (χ4n) is 0.358. The predicted molar refractivity (Wildman–Crippen MR) is 39.8 cm³/mol. The van der Waals surface area contributed by atoms with Crippen molar-refractivity contribution in [2.75, 3.05) is 0 Å². The van der Waals surface area contributed by atoms with Gasteiger partial charge in [0.15, 0.2) is 10.8 Å². The van der Waals surface area contributed by atoms with Gasteiger partial charge in [0.25, 0.3) is 0 Å². The van der Waals surface area contributed by atoms with Crippen LogP contribution in [0.15, 0.2) is 9.98 Å². The fraction of sp³-hybridized carbons (Fsp3) is 0.200. The van der Waals surface area contributed by atoms with Gasteiger partial charge in [-0.1, -0.05) is 0 Å². The van der Waals surface area contributed by atoms with Crippen molar-refractivity contribution >= 4 is 33.0 Å². The first-order valence-corrected chi connectivity index (χ1v) is 3.74. The first-order chi connectivity index (χ1) is 5.41. The second kappa shape index (κ2) is 2.58. The zero-order valence-corrected chi connectivity index (χ0v) is 6.62. The number of carbonyl (C=O) groups is 1. The van der Waals surface area contributed by atoms with Crippen LogP contribution in [0, 0.1) is 0 Å². The van der Waals surface area contributed by atoms with Crippen LogP contribution < -0.4 is 0 Å². The predicted octanol–water partition coefficient (Wildman–Crippen LogP) is 2.11. The van der Waals surface area contributed by atoms with Crippen molar-refractivity contribution in [1.82, 2.24) is 4.98 Å². The Morgan fingerprint density at radius 3 is 3.33 bits per heavy atom. The van der Waals surface area contributed by atoms with Gasteiger partial charge in [-0.05, 0) is 15.9 Å². The molecule has 0 atom stereocenters. The van der Waals surface area contributed by atoms with Crippen LogP contribution in [-0.4, -0.2) is 10.8 Å². The Bertz CT molecular complexity index is 308. The molecule has 0 saturated carbocycles. The molecule has 0 fully saturated rings. The van der Waals surface area contributed by atoms with Gasteiger partial charge in [0.1, 0.15) is 4.60 Å². The van der Waals surface area contributed by atoms with Crippen molar-refractivity contribution in [1.29, 1.82) is 0 Å². The number of Topliss-reactive ketones (excluding diaryl/α,β-unsaturated/α-hetero) is 1. The number of rotatable bonds is 1. The second-order valence-corrected chi connectivity index (χ2v) is 2.98. The molecule has 1 aromatic rings. The van der Waals surface area contributed by atoms with Crippen molar-refractivity contribution < 1.29 is 8.91 Å². The third-order valence-electron chi connectivity index (χ3n) is 0.670. The molecule has 1 rings (SSSR count). The Labute approximate surface area is 69.3 Å². The molecule has 9 heavy (non-hydrogen) atoms. The van der Waals surface area contributed by atoms with Crippen molar-refractivity contribution in [3.8, 4) is 0 Å². The highest BCUT2D eigenvalue weighted by atomic mass is 79.9. The summed E-state index contributed by atoms with van der Waals surface area (Å²) in [5.41, 5.74) is 0. The molecule has 0 bridgehead atoms. The first kappa shape index (κ1) is 3.83. The van der Waals surface area contributed by atoms with Crippen molar-refractivity contribution in [3.63, 3.8) is 0 Å². The minimum atomic E-state index is -2.59. The number of nitrogens with zero attached hydrogens (tertiary/aromatic N) is 1. The van der Waals surface area contributed by atoms with E-state index in [1.807, 2.05) is 0 Å². The van der Waals surface area contributed by atoms with Gasteiger partial charge in [-0.25, -0.2) is 4.98 Å². The lowest BCUT2D eigenvalue weighted by Crippen LogP contribution is -1.88. The summed E-state index contributed by atoms with van der Waals surface area (Å²) in [6.07, 6.45) is 0. The van der Waals surface area contributed by atoms with Crippen LogP contribution in [0.5, 0.6) is 0 Å². The summed E-state index contributed by atoms with van der Waals surface area (Å²) < 4.78 is 20.9. The van der Waals surface area contributed by atoms with E-state index >= 15 is 0 Å². The normalized spacial score (nSPS) is 15.9. The van der Waals surface area contributed by atoms with E-state index in [2.05, 4.69) is 20.9 Å². The molecule has 1 heterocycles. The average molecular weight is 209 g/mol. The number of ketones is 1. The van der Waals surface area contributed by atoms with Crippen LogP contribution in [0.2, 0.25) is 0 Å². The maximum absolute atomic E-state index is 11.0.